The third kappa shape index (κ3) is 2.88. The second-order valence-corrected chi connectivity index (χ2v) is 4.53. The number of carbonyl (C=O) groups is 2. The number of H-pyrrole nitrogens is 1. The summed E-state index contributed by atoms with van der Waals surface area (Å²) in [6, 6.07) is -0.656. The number of hydrogen-bond acceptors (Lipinski definition) is 4. The number of methoxy groups -OCH3 is 1. The van der Waals surface area contributed by atoms with Gasteiger partial charge in [-0.15, -0.1) is 0 Å². The average Bonchev–Trinajstić information content (AvgIpc) is 2.64. The molecule has 0 aliphatic carbocycles. The fraction of sp³-hybridized carbons (Fsp3) is 0.583. The first-order valence-electron chi connectivity index (χ1n) is 5.78. The summed E-state index contributed by atoms with van der Waals surface area (Å²) in [5.41, 5.74) is 1.76. The van der Waals surface area contributed by atoms with Crippen molar-refractivity contribution in [2.45, 2.75) is 33.7 Å². The van der Waals surface area contributed by atoms with E-state index in [1.54, 1.807) is 13.8 Å². The molecule has 0 saturated carbocycles. The normalized spacial score (nSPS) is 12.3. The van der Waals surface area contributed by atoms with Crippen molar-refractivity contribution in [3.63, 3.8) is 0 Å². The first kappa shape index (κ1) is 14.2. The maximum atomic E-state index is 12.1. The van der Waals surface area contributed by atoms with Crippen LogP contribution in [-0.4, -0.2) is 35.2 Å². The Morgan fingerprint density at radius 2 is 1.94 bits per heavy atom. The van der Waals surface area contributed by atoms with Gasteiger partial charge in [0.1, 0.15) is 6.04 Å². The Labute approximate surface area is 106 Å². The molecule has 18 heavy (non-hydrogen) atoms. The molecule has 0 aromatic carbocycles. The number of hydrogen-bond donors (Lipinski definition) is 2. The number of carbonyl (C=O) groups excluding carboxylic acids is 2. The zero-order chi connectivity index (χ0) is 13.9. The van der Waals surface area contributed by atoms with Gasteiger partial charge in [0.05, 0.1) is 18.4 Å². The zero-order valence-corrected chi connectivity index (χ0v) is 11.3. The maximum absolute atomic E-state index is 12.1. The number of esters is 1. The lowest BCUT2D eigenvalue weighted by Crippen LogP contribution is -2.45. The van der Waals surface area contributed by atoms with Crippen LogP contribution in [0.2, 0.25) is 0 Å². The third-order valence-electron chi connectivity index (χ3n) is 2.76. The van der Waals surface area contributed by atoms with E-state index in [2.05, 4.69) is 20.3 Å². The minimum Gasteiger partial charge on any atom is -0.467 e. The number of aromatic amines is 1. The molecule has 1 aromatic heterocycles. The Morgan fingerprint density at radius 1 is 1.33 bits per heavy atom. The molecule has 6 nitrogen and oxygen atoms in total. The highest BCUT2D eigenvalue weighted by Crippen LogP contribution is 2.11. The number of amides is 1. The molecular weight excluding hydrogens is 234 g/mol. The third-order valence-corrected chi connectivity index (χ3v) is 2.76. The van der Waals surface area contributed by atoms with Crippen LogP contribution < -0.4 is 5.32 Å². The largest absolute Gasteiger partial charge is 0.467 e. The quantitative estimate of drug-likeness (QED) is 0.783. The molecule has 0 aliphatic rings. The van der Waals surface area contributed by atoms with Gasteiger partial charge in [0, 0.05) is 5.69 Å². The molecule has 1 rings (SSSR count). The van der Waals surface area contributed by atoms with Crippen LogP contribution in [0, 0.1) is 19.8 Å². The molecule has 1 amide bonds. The van der Waals surface area contributed by atoms with Crippen molar-refractivity contribution in [1.29, 1.82) is 0 Å². The van der Waals surface area contributed by atoms with Gasteiger partial charge in [0.2, 0.25) is 0 Å². The van der Waals surface area contributed by atoms with E-state index in [0.717, 1.165) is 0 Å². The Bertz CT molecular complexity index is 432. The van der Waals surface area contributed by atoms with Gasteiger partial charge in [-0.05, 0) is 19.8 Å². The molecule has 0 unspecified atom stereocenters. The van der Waals surface area contributed by atoms with Crippen LogP contribution in [0.25, 0.3) is 0 Å². The summed E-state index contributed by atoms with van der Waals surface area (Å²) >= 11 is 0. The fourth-order valence-electron chi connectivity index (χ4n) is 1.72. The molecule has 6 heteroatoms. The van der Waals surface area contributed by atoms with E-state index in [1.165, 1.54) is 7.11 Å². The van der Waals surface area contributed by atoms with Crippen LogP contribution >= 0.6 is 0 Å². The van der Waals surface area contributed by atoms with Gasteiger partial charge in [-0.25, -0.2) is 4.79 Å². The number of ether oxygens (including phenoxy) is 1. The smallest absolute Gasteiger partial charge is 0.328 e. The monoisotopic (exact) mass is 253 g/mol. The van der Waals surface area contributed by atoms with E-state index in [0.29, 0.717) is 17.0 Å². The van der Waals surface area contributed by atoms with Crippen molar-refractivity contribution in [1.82, 2.24) is 15.5 Å². The molecule has 2 N–H and O–H groups in total. The zero-order valence-electron chi connectivity index (χ0n) is 11.3. The van der Waals surface area contributed by atoms with E-state index in [1.807, 2.05) is 13.8 Å². The molecule has 0 radical (unpaired) electrons. The standard InChI is InChI=1S/C12H19N3O3/c1-6(2)10(12(17)18-5)13-11(16)9-7(3)14-15-8(9)4/h6,10H,1-5H3,(H,13,16)(H,14,15)/t10-/m0/s1. The van der Waals surface area contributed by atoms with Gasteiger partial charge in [0.25, 0.3) is 5.91 Å². The Balaban J connectivity index is 2.89. The SMILES string of the molecule is COC(=O)[C@@H](NC(=O)c1c(C)n[nH]c1C)C(C)C. The van der Waals surface area contributed by atoms with E-state index in [-0.39, 0.29) is 11.8 Å². The number of aromatic nitrogens is 2. The van der Waals surface area contributed by atoms with Crippen molar-refractivity contribution in [3.05, 3.63) is 17.0 Å². The van der Waals surface area contributed by atoms with Crippen LogP contribution in [0.15, 0.2) is 0 Å². The van der Waals surface area contributed by atoms with Crippen LogP contribution in [0.1, 0.15) is 35.6 Å². The van der Waals surface area contributed by atoms with Crippen molar-refractivity contribution in [2.24, 2.45) is 5.92 Å². The summed E-state index contributed by atoms with van der Waals surface area (Å²) in [7, 11) is 1.30. The van der Waals surface area contributed by atoms with Crippen molar-refractivity contribution >= 4 is 11.9 Å². The number of nitrogens with one attached hydrogen (secondary N) is 2. The molecule has 1 aromatic rings. The second kappa shape index (κ2) is 5.66. The number of aryl methyl sites for hydroxylation is 2. The number of nitrogens with zero attached hydrogens (tertiary/aromatic N) is 1. The molecule has 1 atom stereocenters. The molecule has 1 heterocycles. The van der Waals surface area contributed by atoms with Crippen LogP contribution in [0.5, 0.6) is 0 Å². The predicted octanol–water partition coefficient (Wildman–Crippen LogP) is 0.954. The Kier molecular flexibility index (Phi) is 4.47. The van der Waals surface area contributed by atoms with E-state index in [4.69, 9.17) is 0 Å². The molecule has 0 aliphatic heterocycles. The van der Waals surface area contributed by atoms with Gasteiger partial charge >= 0.3 is 5.97 Å². The highest BCUT2D eigenvalue weighted by Gasteiger charge is 2.27. The van der Waals surface area contributed by atoms with Crippen molar-refractivity contribution in [2.75, 3.05) is 7.11 Å². The second-order valence-electron chi connectivity index (χ2n) is 4.53. The first-order valence-corrected chi connectivity index (χ1v) is 5.78. The highest BCUT2D eigenvalue weighted by atomic mass is 16.5. The number of rotatable bonds is 4. The van der Waals surface area contributed by atoms with Gasteiger partial charge in [-0.1, -0.05) is 13.8 Å². The molecule has 0 spiro atoms. The Morgan fingerprint density at radius 3 is 2.33 bits per heavy atom. The summed E-state index contributed by atoms with van der Waals surface area (Å²) in [5, 5.41) is 9.37. The van der Waals surface area contributed by atoms with Gasteiger partial charge < -0.3 is 10.1 Å². The maximum Gasteiger partial charge on any atom is 0.328 e. The van der Waals surface area contributed by atoms with E-state index >= 15 is 0 Å². The average molecular weight is 253 g/mol. The minimum absolute atomic E-state index is 0.0473. The molecule has 100 valence electrons. The van der Waals surface area contributed by atoms with Gasteiger partial charge in [0.15, 0.2) is 0 Å². The molecular formula is C12H19N3O3. The summed E-state index contributed by atoms with van der Waals surface area (Å²) in [6.07, 6.45) is 0. The fourth-order valence-corrected chi connectivity index (χ4v) is 1.72. The highest BCUT2D eigenvalue weighted by molar-refractivity contribution is 5.98. The summed E-state index contributed by atoms with van der Waals surface area (Å²) in [6.45, 7) is 7.19. The van der Waals surface area contributed by atoms with Crippen LogP contribution in [-0.2, 0) is 9.53 Å². The molecule has 0 saturated heterocycles. The lowest BCUT2D eigenvalue weighted by atomic mass is 10.0. The molecule has 0 fully saturated rings. The predicted molar refractivity (Wildman–Crippen MR) is 66.2 cm³/mol. The molecule has 0 bridgehead atoms. The summed E-state index contributed by atoms with van der Waals surface area (Å²) < 4.78 is 4.68. The minimum atomic E-state index is -0.656. The Hall–Kier alpha value is -1.85. The van der Waals surface area contributed by atoms with Crippen LogP contribution in [0.4, 0.5) is 0 Å². The topological polar surface area (TPSA) is 84.1 Å². The summed E-state index contributed by atoms with van der Waals surface area (Å²) in [4.78, 5) is 23.7. The van der Waals surface area contributed by atoms with Gasteiger partial charge in [-0.2, -0.15) is 5.10 Å². The van der Waals surface area contributed by atoms with Gasteiger partial charge in [-0.3, -0.25) is 9.89 Å². The van der Waals surface area contributed by atoms with Crippen molar-refractivity contribution < 1.29 is 14.3 Å². The lowest BCUT2D eigenvalue weighted by Gasteiger charge is -2.19. The van der Waals surface area contributed by atoms with E-state index in [9.17, 15) is 9.59 Å². The van der Waals surface area contributed by atoms with Crippen molar-refractivity contribution in [3.8, 4) is 0 Å². The summed E-state index contributed by atoms with van der Waals surface area (Å²) in [5.74, 6) is -0.811. The first-order chi connectivity index (χ1) is 8.38. The lowest BCUT2D eigenvalue weighted by molar-refractivity contribution is -0.144. The van der Waals surface area contributed by atoms with Crippen LogP contribution in [0.3, 0.4) is 0 Å². The van der Waals surface area contributed by atoms with E-state index < -0.39 is 12.0 Å².